The summed E-state index contributed by atoms with van der Waals surface area (Å²) in [6, 6.07) is 11.7. The SMILES string of the molecule is O=S1(=O)N[C@@]2(CN1CC(F)(F)F)[C@@H]1CC[C@H]2Cc2ccc(-c3ncc(-c4ccc(F)cc4)o3)cc2C1. The van der Waals surface area contributed by atoms with Gasteiger partial charge in [0.25, 0.3) is 10.2 Å². The zero-order valence-corrected chi connectivity index (χ0v) is 19.9. The molecule has 2 fully saturated rings. The lowest BCUT2D eigenvalue weighted by Gasteiger charge is -2.33. The summed E-state index contributed by atoms with van der Waals surface area (Å²) in [5.41, 5.74) is 2.61. The van der Waals surface area contributed by atoms with Crippen molar-refractivity contribution in [2.24, 2.45) is 11.8 Å². The average molecular weight is 522 g/mol. The number of hydrogen-bond donors (Lipinski definition) is 1. The van der Waals surface area contributed by atoms with Crippen LogP contribution in [-0.2, 0) is 23.1 Å². The second-order valence-corrected chi connectivity index (χ2v) is 11.6. The van der Waals surface area contributed by atoms with E-state index in [1.54, 1.807) is 18.3 Å². The summed E-state index contributed by atoms with van der Waals surface area (Å²) >= 11 is 0. The van der Waals surface area contributed by atoms with E-state index in [0.717, 1.165) is 29.5 Å². The van der Waals surface area contributed by atoms with Crippen LogP contribution in [-0.4, -0.2) is 42.5 Å². The maximum absolute atomic E-state index is 13.2. The normalized spacial score (nSPS) is 27.3. The lowest BCUT2D eigenvalue weighted by atomic mass is 9.79. The van der Waals surface area contributed by atoms with Crippen molar-refractivity contribution in [1.29, 1.82) is 0 Å². The van der Waals surface area contributed by atoms with Crippen LogP contribution in [0.2, 0.25) is 0 Å². The third kappa shape index (κ3) is 4.03. The first kappa shape index (κ1) is 23.6. The zero-order valence-electron chi connectivity index (χ0n) is 19.1. The molecule has 0 amide bonds. The molecule has 2 heterocycles. The summed E-state index contributed by atoms with van der Waals surface area (Å²) < 4.78 is 86.9. The number of oxazole rings is 1. The highest BCUT2D eigenvalue weighted by Gasteiger charge is 2.60. The van der Waals surface area contributed by atoms with Crippen molar-refractivity contribution >= 4 is 10.2 Å². The van der Waals surface area contributed by atoms with E-state index in [1.807, 2.05) is 18.2 Å². The molecule has 2 aromatic carbocycles. The molecule has 6 nitrogen and oxygen atoms in total. The number of benzene rings is 2. The first-order valence-electron chi connectivity index (χ1n) is 11.7. The van der Waals surface area contributed by atoms with Crippen molar-refractivity contribution in [3.63, 3.8) is 0 Å². The summed E-state index contributed by atoms with van der Waals surface area (Å²) in [6.45, 7) is -1.66. The molecule has 0 unspecified atom stereocenters. The molecule has 1 aliphatic heterocycles. The van der Waals surface area contributed by atoms with Gasteiger partial charge in [-0.05, 0) is 85.0 Å². The van der Waals surface area contributed by atoms with E-state index in [9.17, 15) is 26.0 Å². The van der Waals surface area contributed by atoms with E-state index in [2.05, 4.69) is 9.71 Å². The van der Waals surface area contributed by atoms with Gasteiger partial charge in [0, 0.05) is 17.7 Å². The minimum absolute atomic E-state index is 0.0885. The number of nitrogens with zero attached hydrogens (tertiary/aromatic N) is 2. The Bertz CT molecular complexity index is 1420. The van der Waals surface area contributed by atoms with Gasteiger partial charge < -0.3 is 4.42 Å². The third-order valence-electron chi connectivity index (χ3n) is 7.79. The van der Waals surface area contributed by atoms with Gasteiger partial charge in [-0.2, -0.15) is 30.6 Å². The monoisotopic (exact) mass is 521 g/mol. The van der Waals surface area contributed by atoms with Crippen LogP contribution in [0.15, 0.2) is 53.1 Å². The van der Waals surface area contributed by atoms with Crippen LogP contribution in [0.4, 0.5) is 17.6 Å². The third-order valence-corrected chi connectivity index (χ3v) is 9.37. The number of hydrogen-bond acceptors (Lipinski definition) is 4. The molecule has 6 rings (SSSR count). The minimum atomic E-state index is -4.61. The Morgan fingerprint density at radius 3 is 2.39 bits per heavy atom. The van der Waals surface area contributed by atoms with Crippen molar-refractivity contribution in [3.8, 4) is 22.8 Å². The van der Waals surface area contributed by atoms with Gasteiger partial charge in [0.05, 0.1) is 11.7 Å². The van der Waals surface area contributed by atoms with Crippen molar-refractivity contribution in [2.45, 2.75) is 37.4 Å². The van der Waals surface area contributed by atoms with E-state index in [0.29, 0.717) is 34.4 Å². The highest BCUT2D eigenvalue weighted by atomic mass is 32.2. The Labute approximate surface area is 205 Å². The predicted molar refractivity (Wildman–Crippen MR) is 123 cm³/mol. The largest absolute Gasteiger partial charge is 0.436 e. The fourth-order valence-electron chi connectivity index (χ4n) is 6.13. The molecule has 36 heavy (non-hydrogen) atoms. The number of aromatic nitrogens is 1. The van der Waals surface area contributed by atoms with Gasteiger partial charge in [-0.25, -0.2) is 9.37 Å². The number of rotatable bonds is 3. The summed E-state index contributed by atoms with van der Waals surface area (Å²) in [6.07, 6.45) is -0.396. The molecular formula is C25H23F4N3O3S. The fraction of sp³-hybridized carbons (Fsp3) is 0.400. The summed E-state index contributed by atoms with van der Waals surface area (Å²) in [5.74, 6) is 0.352. The van der Waals surface area contributed by atoms with E-state index >= 15 is 0 Å². The first-order chi connectivity index (χ1) is 17.0. The topological polar surface area (TPSA) is 75.4 Å². The van der Waals surface area contributed by atoms with Crippen LogP contribution < -0.4 is 4.72 Å². The molecular weight excluding hydrogens is 498 g/mol. The van der Waals surface area contributed by atoms with E-state index in [4.69, 9.17) is 4.42 Å². The molecule has 190 valence electrons. The first-order valence-corrected chi connectivity index (χ1v) is 13.2. The van der Waals surface area contributed by atoms with Crippen LogP contribution in [0.1, 0.15) is 24.0 Å². The molecule has 2 aliphatic carbocycles. The van der Waals surface area contributed by atoms with Crippen LogP contribution in [0.25, 0.3) is 22.8 Å². The fourth-order valence-corrected chi connectivity index (χ4v) is 7.84. The van der Waals surface area contributed by atoms with Crippen LogP contribution in [0.3, 0.4) is 0 Å². The second-order valence-electron chi connectivity index (χ2n) is 9.93. The minimum Gasteiger partial charge on any atom is -0.436 e. The molecule has 2 bridgehead atoms. The Balaban J connectivity index is 1.29. The van der Waals surface area contributed by atoms with Crippen molar-refractivity contribution in [2.75, 3.05) is 13.1 Å². The van der Waals surface area contributed by atoms with Crippen molar-refractivity contribution < 1.29 is 30.4 Å². The molecule has 3 aromatic rings. The van der Waals surface area contributed by atoms with Crippen molar-refractivity contribution in [3.05, 3.63) is 65.6 Å². The quantitative estimate of drug-likeness (QED) is 0.506. The molecule has 0 radical (unpaired) electrons. The number of halogens is 4. The van der Waals surface area contributed by atoms with Gasteiger partial charge in [-0.3, -0.25) is 0 Å². The number of alkyl halides is 3. The van der Waals surface area contributed by atoms with Crippen LogP contribution in [0.5, 0.6) is 0 Å². The Kier molecular flexibility index (Phi) is 5.33. The molecule has 1 saturated heterocycles. The van der Waals surface area contributed by atoms with Gasteiger partial charge in [0.1, 0.15) is 12.4 Å². The molecule has 1 spiro atoms. The molecule has 11 heteroatoms. The highest BCUT2D eigenvalue weighted by molar-refractivity contribution is 7.87. The number of fused-ring (bicyclic) bond motifs is 1. The van der Waals surface area contributed by atoms with Gasteiger partial charge in [-0.15, -0.1) is 0 Å². The molecule has 1 saturated carbocycles. The lowest BCUT2D eigenvalue weighted by molar-refractivity contribution is -0.136. The van der Waals surface area contributed by atoms with Gasteiger partial charge >= 0.3 is 6.18 Å². The maximum atomic E-state index is 13.2. The van der Waals surface area contributed by atoms with Gasteiger partial charge in [0.2, 0.25) is 5.89 Å². The maximum Gasteiger partial charge on any atom is 0.402 e. The molecule has 3 atom stereocenters. The van der Waals surface area contributed by atoms with Gasteiger partial charge in [0.15, 0.2) is 5.76 Å². The Morgan fingerprint density at radius 1 is 1.03 bits per heavy atom. The van der Waals surface area contributed by atoms with E-state index < -0.39 is 28.5 Å². The van der Waals surface area contributed by atoms with Gasteiger partial charge in [-0.1, -0.05) is 6.07 Å². The summed E-state index contributed by atoms with van der Waals surface area (Å²) in [5, 5.41) is 0. The standard InChI is InChI=1S/C25H23F4N3O3S/c26-21-7-3-15(4-8-21)22-12-30-23(35-22)17-2-1-16-10-19-5-6-20(11-18(16)9-17)24(19)13-32(14-25(27,28)29)36(33,34)31-24/h1-4,7-9,12,19-20,31H,5-6,10-11,13-14H2/t19-,20+,24+/m0/s1. The Hall–Kier alpha value is -2.76. The highest BCUT2D eigenvalue weighted by Crippen LogP contribution is 2.50. The lowest BCUT2D eigenvalue weighted by Crippen LogP contribution is -2.52. The van der Waals surface area contributed by atoms with Crippen LogP contribution >= 0.6 is 0 Å². The predicted octanol–water partition coefficient (Wildman–Crippen LogP) is 4.72. The smallest absolute Gasteiger partial charge is 0.402 e. The van der Waals surface area contributed by atoms with Crippen molar-refractivity contribution in [1.82, 2.24) is 14.0 Å². The molecule has 3 aliphatic rings. The molecule has 1 N–H and O–H groups in total. The summed E-state index contributed by atoms with van der Waals surface area (Å²) in [7, 11) is -4.22. The van der Waals surface area contributed by atoms with E-state index in [-0.39, 0.29) is 24.2 Å². The zero-order chi connectivity index (χ0) is 25.3. The average Bonchev–Trinajstić information content (AvgIpc) is 3.43. The Morgan fingerprint density at radius 2 is 1.69 bits per heavy atom. The summed E-state index contributed by atoms with van der Waals surface area (Å²) in [4.78, 5) is 4.37. The van der Waals surface area contributed by atoms with E-state index in [1.165, 1.54) is 12.1 Å². The van der Waals surface area contributed by atoms with Crippen LogP contribution in [0, 0.1) is 17.7 Å². The number of nitrogens with one attached hydrogen (secondary N) is 1. The molecule has 1 aromatic heterocycles. The second kappa shape index (κ2) is 8.12.